The summed E-state index contributed by atoms with van der Waals surface area (Å²) < 4.78 is 5.01. The van der Waals surface area contributed by atoms with E-state index in [0.717, 1.165) is 16.2 Å². The predicted octanol–water partition coefficient (Wildman–Crippen LogP) is 2.60. The number of Topliss-reactive ketones (excluding diaryl/α,β-unsaturated/α-hetero) is 1. The van der Waals surface area contributed by atoms with Crippen molar-refractivity contribution in [3.8, 4) is 0 Å². The minimum atomic E-state index is -0.867. The van der Waals surface area contributed by atoms with Crippen molar-refractivity contribution in [2.45, 2.75) is 6.92 Å². The highest BCUT2D eigenvalue weighted by atomic mass is 32.1. The Hall–Kier alpha value is -4.32. The van der Waals surface area contributed by atoms with E-state index in [1.54, 1.807) is 6.92 Å². The fourth-order valence-electron chi connectivity index (χ4n) is 2.98. The molecular weight excluding hydrogens is 440 g/mol. The van der Waals surface area contributed by atoms with Crippen molar-refractivity contribution < 1.29 is 28.8 Å². The Morgan fingerprint density at radius 2 is 1.69 bits per heavy atom. The first-order valence-electron chi connectivity index (χ1n) is 9.04. The number of rotatable bonds is 6. The quantitative estimate of drug-likeness (QED) is 0.181. The zero-order valence-corrected chi connectivity index (χ0v) is 17.1. The summed E-state index contributed by atoms with van der Waals surface area (Å²) in [5.74, 6) is -2.64. The van der Waals surface area contributed by atoms with Gasteiger partial charge in [0, 0.05) is 17.7 Å². The largest absolute Gasteiger partial charge is 0.454 e. The van der Waals surface area contributed by atoms with Crippen molar-refractivity contribution in [1.29, 1.82) is 0 Å². The highest BCUT2D eigenvalue weighted by Crippen LogP contribution is 2.31. The molecule has 32 heavy (non-hydrogen) atoms. The Balaban J connectivity index is 1.46. The summed E-state index contributed by atoms with van der Waals surface area (Å²) in [5.41, 5.74) is 0.0757. The van der Waals surface area contributed by atoms with Gasteiger partial charge in [-0.2, -0.15) is 0 Å². The first kappa shape index (κ1) is 20.9. The Labute approximate surface area is 183 Å². The smallest absolute Gasteiger partial charge is 0.338 e. The summed E-state index contributed by atoms with van der Waals surface area (Å²) in [5, 5.41) is 19.0. The van der Waals surface area contributed by atoms with Crippen LogP contribution in [0.25, 0.3) is 0 Å². The molecule has 2 heterocycles. The highest BCUT2D eigenvalue weighted by Gasteiger charge is 2.39. The molecule has 0 unspecified atom stereocenters. The monoisotopic (exact) mass is 452 g/mol. The molecule has 0 N–H and O–H groups in total. The van der Waals surface area contributed by atoms with E-state index in [1.165, 1.54) is 42.5 Å². The zero-order chi connectivity index (χ0) is 23.0. The molecule has 0 fully saturated rings. The number of hydrogen-bond acceptors (Lipinski definition) is 10. The number of nitro groups is 1. The second-order valence-electron chi connectivity index (χ2n) is 6.61. The van der Waals surface area contributed by atoms with Crippen molar-refractivity contribution in [2.24, 2.45) is 0 Å². The lowest BCUT2D eigenvalue weighted by Gasteiger charge is -2.07. The van der Waals surface area contributed by atoms with Gasteiger partial charge in [-0.3, -0.25) is 24.5 Å². The van der Waals surface area contributed by atoms with Gasteiger partial charge in [0.2, 0.25) is 5.13 Å². The third kappa shape index (κ3) is 3.74. The number of fused-ring (bicyclic) bond motifs is 1. The third-order valence-electron chi connectivity index (χ3n) is 4.56. The summed E-state index contributed by atoms with van der Waals surface area (Å²) in [7, 11) is 0. The van der Waals surface area contributed by atoms with E-state index >= 15 is 0 Å². The summed E-state index contributed by atoms with van der Waals surface area (Å²) in [6.07, 6.45) is 0. The first-order valence-corrected chi connectivity index (χ1v) is 9.85. The molecule has 0 aliphatic carbocycles. The number of carbonyl (C=O) groups is 4. The van der Waals surface area contributed by atoms with Crippen LogP contribution in [0, 0.1) is 17.0 Å². The molecule has 11 nitrogen and oxygen atoms in total. The van der Waals surface area contributed by atoms with Gasteiger partial charge in [0.25, 0.3) is 17.5 Å². The van der Waals surface area contributed by atoms with Crippen LogP contribution in [0.4, 0.5) is 10.8 Å². The van der Waals surface area contributed by atoms with Crippen molar-refractivity contribution >= 4 is 45.7 Å². The van der Waals surface area contributed by atoms with Gasteiger partial charge in [0.1, 0.15) is 5.01 Å². The van der Waals surface area contributed by atoms with Gasteiger partial charge in [-0.05, 0) is 37.3 Å². The summed E-state index contributed by atoms with van der Waals surface area (Å²) in [4.78, 5) is 60.8. The average molecular weight is 452 g/mol. The molecule has 0 saturated carbocycles. The highest BCUT2D eigenvalue weighted by molar-refractivity contribution is 7.15. The number of benzene rings is 2. The minimum Gasteiger partial charge on any atom is -0.454 e. The molecule has 2 amide bonds. The van der Waals surface area contributed by atoms with Gasteiger partial charge >= 0.3 is 5.97 Å². The number of nitrogens with zero attached hydrogens (tertiary/aromatic N) is 4. The summed E-state index contributed by atoms with van der Waals surface area (Å²) >= 11 is 1.08. The Bertz CT molecular complexity index is 1300. The second kappa shape index (κ2) is 8.07. The summed E-state index contributed by atoms with van der Waals surface area (Å²) in [6, 6.07) is 8.74. The molecule has 1 aliphatic heterocycles. The number of hydrogen-bond donors (Lipinski definition) is 0. The van der Waals surface area contributed by atoms with Gasteiger partial charge in [0.05, 0.1) is 21.6 Å². The maximum atomic E-state index is 12.7. The number of ether oxygens (including phenoxy) is 1. The topological polar surface area (TPSA) is 150 Å². The van der Waals surface area contributed by atoms with Crippen LogP contribution in [0.15, 0.2) is 42.5 Å². The van der Waals surface area contributed by atoms with Gasteiger partial charge in [-0.15, -0.1) is 10.2 Å². The molecule has 0 saturated heterocycles. The molecule has 0 atom stereocenters. The van der Waals surface area contributed by atoms with Crippen LogP contribution in [0.3, 0.4) is 0 Å². The molecule has 3 aromatic rings. The lowest BCUT2D eigenvalue weighted by atomic mass is 10.1. The first-order chi connectivity index (χ1) is 15.3. The molecule has 12 heteroatoms. The van der Waals surface area contributed by atoms with Crippen LogP contribution in [-0.2, 0) is 4.74 Å². The van der Waals surface area contributed by atoms with Crippen molar-refractivity contribution in [3.63, 3.8) is 0 Å². The van der Waals surface area contributed by atoms with Gasteiger partial charge < -0.3 is 4.74 Å². The number of aromatic nitrogens is 2. The second-order valence-corrected chi connectivity index (χ2v) is 7.77. The molecule has 1 aromatic heterocycles. The van der Waals surface area contributed by atoms with Crippen LogP contribution in [-0.4, -0.2) is 45.3 Å². The van der Waals surface area contributed by atoms with Gasteiger partial charge in [0.15, 0.2) is 12.4 Å². The fourth-order valence-corrected chi connectivity index (χ4v) is 3.67. The molecule has 0 radical (unpaired) electrons. The standard InChI is InChI=1S/C20H12N4O7S/c1-10-21-22-20(32-10)23-17(26)14-7-4-12(8-15(14)18(23)27)19(28)31-9-16(25)11-2-5-13(6-3-11)24(29)30/h2-8H,9H2,1H3. The van der Waals surface area contributed by atoms with E-state index in [4.69, 9.17) is 4.74 Å². The predicted molar refractivity (Wildman–Crippen MR) is 110 cm³/mol. The summed E-state index contributed by atoms with van der Waals surface area (Å²) in [6.45, 7) is 1.09. The van der Waals surface area contributed by atoms with Gasteiger partial charge in [-0.1, -0.05) is 11.3 Å². The third-order valence-corrected chi connectivity index (χ3v) is 5.39. The van der Waals surface area contributed by atoms with Crippen molar-refractivity contribution in [1.82, 2.24) is 10.2 Å². The molecule has 2 aromatic carbocycles. The van der Waals surface area contributed by atoms with E-state index < -0.39 is 35.1 Å². The Kier molecular flexibility index (Phi) is 5.28. The van der Waals surface area contributed by atoms with Crippen LogP contribution in [0.1, 0.15) is 46.4 Å². The van der Waals surface area contributed by atoms with Gasteiger partial charge in [-0.25, -0.2) is 9.69 Å². The lowest BCUT2D eigenvalue weighted by molar-refractivity contribution is -0.384. The van der Waals surface area contributed by atoms with E-state index in [9.17, 15) is 29.3 Å². The Morgan fingerprint density at radius 1 is 1.03 bits per heavy atom. The number of carbonyl (C=O) groups excluding carboxylic acids is 4. The number of nitro benzene ring substituents is 1. The van der Waals surface area contributed by atoms with Crippen molar-refractivity contribution in [3.05, 3.63) is 79.8 Å². The molecule has 0 bridgehead atoms. The van der Waals surface area contributed by atoms with E-state index in [2.05, 4.69) is 10.2 Å². The van der Waals surface area contributed by atoms with E-state index in [0.29, 0.717) is 5.01 Å². The molecule has 0 spiro atoms. The van der Waals surface area contributed by atoms with Crippen LogP contribution >= 0.6 is 11.3 Å². The lowest BCUT2D eigenvalue weighted by Crippen LogP contribution is -2.29. The maximum absolute atomic E-state index is 12.7. The number of aryl methyl sites for hydroxylation is 1. The number of non-ortho nitro benzene ring substituents is 1. The normalized spacial score (nSPS) is 12.6. The number of amides is 2. The molecular formula is C20H12N4O7S. The molecule has 4 rings (SSSR count). The average Bonchev–Trinajstić information content (AvgIpc) is 3.32. The molecule has 160 valence electrons. The van der Waals surface area contributed by atoms with Crippen LogP contribution < -0.4 is 4.90 Å². The number of ketones is 1. The maximum Gasteiger partial charge on any atom is 0.338 e. The van der Waals surface area contributed by atoms with E-state index in [-0.39, 0.29) is 33.1 Å². The van der Waals surface area contributed by atoms with E-state index in [1.807, 2.05) is 0 Å². The van der Waals surface area contributed by atoms with Crippen molar-refractivity contribution in [2.75, 3.05) is 11.5 Å². The zero-order valence-electron chi connectivity index (χ0n) is 16.3. The van der Waals surface area contributed by atoms with Crippen LogP contribution in [0.5, 0.6) is 0 Å². The Morgan fingerprint density at radius 3 is 2.31 bits per heavy atom. The number of esters is 1. The SMILES string of the molecule is Cc1nnc(N2C(=O)c3ccc(C(=O)OCC(=O)c4ccc([N+](=O)[O-])cc4)cc3C2=O)s1. The van der Waals surface area contributed by atoms with Crippen LogP contribution in [0.2, 0.25) is 0 Å². The fraction of sp³-hybridized carbons (Fsp3) is 0.100. The molecule has 1 aliphatic rings. The minimum absolute atomic E-state index is 0.0130. The number of anilines is 1. The number of imide groups is 1.